The van der Waals surface area contributed by atoms with Crippen LogP contribution < -0.4 is 0 Å². The van der Waals surface area contributed by atoms with E-state index in [0.29, 0.717) is 5.56 Å². The van der Waals surface area contributed by atoms with Crippen molar-refractivity contribution >= 4 is 75.1 Å². The highest BCUT2D eigenvalue weighted by Crippen LogP contribution is 2.47. The molecule has 7 aromatic carbocycles. The SMILES string of the molecule is N#Cc1cccc(-n2c3ccccc3c3ccccc32)c1-c1cccc2c1sc1c2ccc2c3ccccc3n(-c3ccccc3)c21. The van der Waals surface area contributed by atoms with Gasteiger partial charge >= 0.3 is 0 Å². The molecule has 0 aliphatic carbocycles. The maximum absolute atomic E-state index is 10.6. The first-order valence-corrected chi connectivity index (χ1v) is 16.6. The summed E-state index contributed by atoms with van der Waals surface area (Å²) < 4.78 is 7.18. The first-order valence-electron chi connectivity index (χ1n) is 15.8. The van der Waals surface area contributed by atoms with Gasteiger partial charge in [0.2, 0.25) is 0 Å². The third kappa shape index (κ3) is 3.60. The summed E-state index contributed by atoms with van der Waals surface area (Å²) in [5, 5.41) is 17.9. The minimum Gasteiger partial charge on any atom is -0.309 e. The molecule has 3 aromatic heterocycles. The predicted molar refractivity (Wildman–Crippen MR) is 198 cm³/mol. The fourth-order valence-corrected chi connectivity index (χ4v) is 8.99. The number of aromatic nitrogens is 2. The largest absolute Gasteiger partial charge is 0.309 e. The van der Waals surface area contributed by atoms with Crippen LogP contribution in [0.3, 0.4) is 0 Å². The van der Waals surface area contributed by atoms with Crippen molar-refractivity contribution in [3.05, 3.63) is 157 Å². The number of rotatable bonds is 3. The number of hydrogen-bond donors (Lipinski definition) is 0. The van der Waals surface area contributed by atoms with E-state index in [-0.39, 0.29) is 0 Å². The molecule has 218 valence electrons. The molecule has 0 amide bonds. The van der Waals surface area contributed by atoms with Crippen molar-refractivity contribution in [3.63, 3.8) is 0 Å². The van der Waals surface area contributed by atoms with Gasteiger partial charge in [0.25, 0.3) is 0 Å². The van der Waals surface area contributed by atoms with Crippen LogP contribution in [-0.2, 0) is 0 Å². The molecule has 0 saturated carbocycles. The lowest BCUT2D eigenvalue weighted by molar-refractivity contribution is 1.18. The van der Waals surface area contributed by atoms with Gasteiger partial charge in [0.1, 0.15) is 0 Å². The second kappa shape index (κ2) is 9.92. The van der Waals surface area contributed by atoms with E-state index in [4.69, 9.17) is 0 Å². The van der Waals surface area contributed by atoms with Gasteiger partial charge in [0.15, 0.2) is 0 Å². The summed E-state index contributed by atoms with van der Waals surface area (Å²) in [6.07, 6.45) is 0. The van der Waals surface area contributed by atoms with Gasteiger partial charge in [0, 0.05) is 53.8 Å². The Kier molecular flexibility index (Phi) is 5.51. The highest BCUT2D eigenvalue weighted by Gasteiger charge is 2.22. The molecule has 0 bridgehead atoms. The fourth-order valence-electron chi connectivity index (χ4n) is 7.63. The van der Waals surface area contributed by atoms with Crippen LogP contribution in [0.15, 0.2) is 152 Å². The summed E-state index contributed by atoms with van der Waals surface area (Å²) in [5.41, 5.74) is 9.53. The van der Waals surface area contributed by atoms with Gasteiger partial charge < -0.3 is 9.13 Å². The number of thiophene rings is 1. The molecule has 10 rings (SSSR count). The number of para-hydroxylation sites is 4. The molecule has 0 N–H and O–H groups in total. The van der Waals surface area contributed by atoms with Gasteiger partial charge in [-0.25, -0.2) is 0 Å². The Morgan fingerprint density at radius 1 is 0.447 bits per heavy atom. The van der Waals surface area contributed by atoms with Crippen molar-refractivity contribution in [3.8, 4) is 28.6 Å². The quantitative estimate of drug-likeness (QED) is 0.195. The first-order chi connectivity index (χ1) is 23.3. The normalized spacial score (nSPS) is 11.8. The van der Waals surface area contributed by atoms with Crippen molar-refractivity contribution in [2.45, 2.75) is 0 Å². The van der Waals surface area contributed by atoms with Crippen LogP contribution in [0.5, 0.6) is 0 Å². The number of benzene rings is 7. The molecule has 0 spiro atoms. The number of nitriles is 1. The van der Waals surface area contributed by atoms with Crippen molar-refractivity contribution in [2.24, 2.45) is 0 Å². The Morgan fingerprint density at radius 3 is 1.70 bits per heavy atom. The van der Waals surface area contributed by atoms with E-state index >= 15 is 0 Å². The molecule has 0 saturated heterocycles. The summed E-state index contributed by atoms with van der Waals surface area (Å²) in [6.45, 7) is 0. The van der Waals surface area contributed by atoms with Crippen LogP contribution in [-0.4, -0.2) is 9.13 Å². The lowest BCUT2D eigenvalue weighted by atomic mass is 9.96. The Balaban J connectivity index is 1.34. The smallest absolute Gasteiger partial charge is 0.0998 e. The monoisotopic (exact) mass is 615 g/mol. The molecule has 0 fully saturated rings. The molecule has 0 radical (unpaired) electrons. The predicted octanol–water partition coefficient (Wildman–Crippen LogP) is 11.8. The average Bonchev–Trinajstić information content (AvgIpc) is 3.79. The van der Waals surface area contributed by atoms with E-state index in [1.54, 1.807) is 0 Å². The molecule has 10 aromatic rings. The zero-order chi connectivity index (χ0) is 31.1. The second-order valence-electron chi connectivity index (χ2n) is 12.0. The third-order valence-corrected chi connectivity index (χ3v) is 10.8. The molecule has 0 atom stereocenters. The molecule has 0 aliphatic heterocycles. The third-order valence-electron chi connectivity index (χ3n) is 9.57. The average molecular weight is 616 g/mol. The van der Waals surface area contributed by atoms with Crippen LogP contribution in [0.4, 0.5) is 0 Å². The van der Waals surface area contributed by atoms with Gasteiger partial charge in [-0.15, -0.1) is 11.3 Å². The maximum Gasteiger partial charge on any atom is 0.0998 e. The molecule has 4 heteroatoms. The Hall–Kier alpha value is -6.15. The number of hydrogen-bond acceptors (Lipinski definition) is 2. The van der Waals surface area contributed by atoms with Crippen molar-refractivity contribution < 1.29 is 0 Å². The number of nitrogens with zero attached hydrogens (tertiary/aromatic N) is 3. The Morgan fingerprint density at radius 2 is 1.00 bits per heavy atom. The van der Waals surface area contributed by atoms with Gasteiger partial charge in [-0.05, 0) is 42.5 Å². The molecular weight excluding hydrogens is 591 g/mol. The van der Waals surface area contributed by atoms with E-state index in [1.807, 2.05) is 23.5 Å². The summed E-state index contributed by atoms with van der Waals surface area (Å²) in [6, 6.07) is 56.2. The highest BCUT2D eigenvalue weighted by molar-refractivity contribution is 7.27. The van der Waals surface area contributed by atoms with Crippen LogP contribution in [0, 0.1) is 11.3 Å². The molecule has 47 heavy (non-hydrogen) atoms. The Labute approximate surface area is 274 Å². The molecular formula is C43H25N3S. The zero-order valence-electron chi connectivity index (χ0n) is 25.2. The van der Waals surface area contributed by atoms with E-state index < -0.39 is 0 Å². The first kappa shape index (κ1) is 26.1. The minimum absolute atomic E-state index is 0.665. The molecule has 3 nitrogen and oxygen atoms in total. The van der Waals surface area contributed by atoms with E-state index in [1.165, 1.54) is 52.8 Å². The van der Waals surface area contributed by atoms with Crippen LogP contribution >= 0.6 is 11.3 Å². The number of fused-ring (bicyclic) bond motifs is 10. The standard InChI is InChI=1S/C43H25N3S/c44-26-27-12-10-23-39(46-37-21-8-4-15-29(37)30-16-5-9-22-38(30)46)40(27)35-19-11-18-33-34-25-24-32-31-17-6-7-20-36(31)45(28-13-2-1-3-14-28)41(32)43(34)47-42(33)35/h1-25H. The van der Waals surface area contributed by atoms with Gasteiger partial charge in [0.05, 0.1) is 44.1 Å². The maximum atomic E-state index is 10.6. The lowest BCUT2D eigenvalue weighted by Gasteiger charge is -2.16. The molecule has 0 unspecified atom stereocenters. The van der Waals surface area contributed by atoms with Crippen molar-refractivity contribution in [1.29, 1.82) is 5.26 Å². The van der Waals surface area contributed by atoms with Gasteiger partial charge in [-0.3, -0.25) is 0 Å². The van der Waals surface area contributed by atoms with E-state index in [9.17, 15) is 5.26 Å². The Bertz CT molecular complexity index is 2860. The topological polar surface area (TPSA) is 33.6 Å². The summed E-state index contributed by atoms with van der Waals surface area (Å²) in [4.78, 5) is 0. The lowest BCUT2D eigenvalue weighted by Crippen LogP contribution is -1.99. The van der Waals surface area contributed by atoms with E-state index in [0.717, 1.165) is 33.5 Å². The van der Waals surface area contributed by atoms with Crippen LogP contribution in [0.1, 0.15) is 5.56 Å². The van der Waals surface area contributed by atoms with Crippen molar-refractivity contribution in [2.75, 3.05) is 0 Å². The van der Waals surface area contributed by atoms with Crippen molar-refractivity contribution in [1.82, 2.24) is 9.13 Å². The highest BCUT2D eigenvalue weighted by atomic mass is 32.1. The zero-order valence-corrected chi connectivity index (χ0v) is 26.0. The molecule has 0 aliphatic rings. The fraction of sp³-hybridized carbons (Fsp3) is 0. The minimum atomic E-state index is 0.665. The van der Waals surface area contributed by atoms with Gasteiger partial charge in [-0.1, -0.05) is 109 Å². The summed E-state index contributed by atoms with van der Waals surface area (Å²) >= 11 is 1.83. The summed E-state index contributed by atoms with van der Waals surface area (Å²) in [7, 11) is 0. The van der Waals surface area contributed by atoms with Crippen LogP contribution in [0.25, 0.3) is 86.3 Å². The molecule has 3 heterocycles. The second-order valence-corrected chi connectivity index (χ2v) is 13.0. The van der Waals surface area contributed by atoms with Crippen LogP contribution in [0.2, 0.25) is 0 Å². The van der Waals surface area contributed by atoms with Gasteiger partial charge in [-0.2, -0.15) is 5.26 Å². The van der Waals surface area contributed by atoms with E-state index in [2.05, 4.69) is 155 Å². The summed E-state index contributed by atoms with van der Waals surface area (Å²) in [5.74, 6) is 0.